The fourth-order valence-corrected chi connectivity index (χ4v) is 5.75. The largest absolute Gasteiger partial charge is 0.383 e. The molecule has 1 unspecified atom stereocenters. The van der Waals surface area contributed by atoms with Gasteiger partial charge in [-0.15, -0.1) is 11.8 Å². The molecule has 2 aliphatic rings. The molecule has 152 valence electrons. The molecule has 0 saturated heterocycles. The molecule has 1 aromatic carbocycles. The smallest absolute Gasteiger partial charge is 0.228 e. The van der Waals surface area contributed by atoms with Gasteiger partial charge in [0.15, 0.2) is 5.78 Å². The number of thioether (sulfide) groups is 1. The molecule has 7 heteroatoms. The number of Topliss-reactive ketones (excluding diaryl/α,β-unsaturated/α-hetero) is 1. The van der Waals surface area contributed by atoms with E-state index >= 15 is 0 Å². The van der Waals surface area contributed by atoms with E-state index in [1.165, 1.54) is 11.8 Å². The van der Waals surface area contributed by atoms with Gasteiger partial charge in [-0.25, -0.2) is 4.99 Å². The highest BCUT2D eigenvalue weighted by Gasteiger charge is 2.52. The second-order valence-electron chi connectivity index (χ2n) is 7.99. The Kier molecular flexibility index (Phi) is 5.85. The zero-order valence-electron chi connectivity index (χ0n) is 17.0. The van der Waals surface area contributed by atoms with Crippen LogP contribution in [0.1, 0.15) is 52.7 Å². The van der Waals surface area contributed by atoms with Crippen LogP contribution in [0.3, 0.4) is 0 Å². The van der Waals surface area contributed by atoms with Gasteiger partial charge in [0.1, 0.15) is 5.82 Å². The van der Waals surface area contributed by atoms with Crippen molar-refractivity contribution in [1.82, 2.24) is 0 Å². The number of carbonyl (C=O) groups excluding carboxylic acids is 2. The lowest BCUT2D eigenvalue weighted by Crippen LogP contribution is -2.46. The van der Waals surface area contributed by atoms with Gasteiger partial charge in [0.25, 0.3) is 0 Å². The number of ketones is 1. The zero-order valence-corrected chi connectivity index (χ0v) is 17.9. The first-order valence-corrected chi connectivity index (χ1v) is 10.7. The number of allylic oxidation sites excluding steroid dienone is 1. The third-order valence-electron chi connectivity index (χ3n) is 6.14. The summed E-state index contributed by atoms with van der Waals surface area (Å²) in [6, 6.07) is 6.10. The first-order valence-electron chi connectivity index (χ1n) is 9.73. The molecule has 1 spiro atoms. The number of benzene rings is 1. The molecular weight excluding hydrogens is 384 g/mol. The number of aliphatic imine (C=N–C) groups is 1. The highest BCUT2D eigenvalue weighted by molar-refractivity contribution is 8.14. The number of aryl methyl sites for hydroxylation is 2. The average molecular weight is 411 g/mol. The minimum absolute atomic E-state index is 0.0284. The molecule has 4 N–H and O–H groups in total. The predicted octanol–water partition coefficient (Wildman–Crippen LogP) is 3.30. The Morgan fingerprint density at radius 1 is 1.28 bits per heavy atom. The van der Waals surface area contributed by atoms with Gasteiger partial charge in [-0.3, -0.25) is 9.59 Å². The van der Waals surface area contributed by atoms with Crippen molar-refractivity contribution in [3.63, 3.8) is 0 Å². The Hall–Kier alpha value is -2.59. The van der Waals surface area contributed by atoms with Crippen LogP contribution >= 0.6 is 11.8 Å². The Labute approximate surface area is 175 Å². The minimum Gasteiger partial charge on any atom is -0.383 e. The lowest BCUT2D eigenvalue weighted by molar-refractivity contribution is -0.122. The average Bonchev–Trinajstić information content (AvgIpc) is 3.11. The molecule has 1 heterocycles. The van der Waals surface area contributed by atoms with Crippen molar-refractivity contribution in [1.29, 1.82) is 5.26 Å². The number of hydrogen-bond acceptors (Lipinski definition) is 6. The number of nitrogens with two attached hydrogens (primary N) is 2. The third-order valence-corrected chi connectivity index (χ3v) is 7.17. The van der Waals surface area contributed by atoms with E-state index < -0.39 is 17.2 Å². The maximum absolute atomic E-state index is 12.9. The number of hydrogen-bond donors (Lipinski definition) is 2. The van der Waals surface area contributed by atoms with Crippen LogP contribution in [0.25, 0.3) is 0 Å². The summed E-state index contributed by atoms with van der Waals surface area (Å²) in [4.78, 5) is 29.7. The number of amides is 1. The maximum Gasteiger partial charge on any atom is 0.228 e. The van der Waals surface area contributed by atoms with Crippen LogP contribution in [0.4, 0.5) is 0 Å². The fraction of sp³-hybridized carbons (Fsp3) is 0.455. The van der Waals surface area contributed by atoms with Gasteiger partial charge >= 0.3 is 0 Å². The van der Waals surface area contributed by atoms with Gasteiger partial charge in [-0.2, -0.15) is 5.26 Å². The Bertz CT molecular complexity index is 981. The Balaban J connectivity index is 1.92. The van der Waals surface area contributed by atoms with Crippen LogP contribution in [-0.4, -0.2) is 22.5 Å². The van der Waals surface area contributed by atoms with Gasteiger partial charge < -0.3 is 11.5 Å². The van der Waals surface area contributed by atoms with Crippen LogP contribution in [0, 0.1) is 43.4 Å². The van der Waals surface area contributed by atoms with E-state index in [2.05, 4.69) is 11.1 Å². The summed E-state index contributed by atoms with van der Waals surface area (Å²) in [5, 5.41) is 10.1. The fourth-order valence-electron chi connectivity index (χ4n) is 4.64. The summed E-state index contributed by atoms with van der Waals surface area (Å²) in [6.07, 6.45) is 3.16. The topological polar surface area (TPSA) is 122 Å². The molecular formula is C22H26N4O2S. The van der Waals surface area contributed by atoms with Crippen molar-refractivity contribution in [3.05, 3.63) is 45.8 Å². The summed E-state index contributed by atoms with van der Waals surface area (Å²) >= 11 is 1.21. The highest BCUT2D eigenvalue weighted by Crippen LogP contribution is 2.53. The molecule has 3 rings (SSSR count). The summed E-state index contributed by atoms with van der Waals surface area (Å²) in [5.74, 6) is -0.986. The molecule has 0 aromatic heterocycles. The summed E-state index contributed by atoms with van der Waals surface area (Å²) < 4.78 is 0. The number of primary amides is 1. The van der Waals surface area contributed by atoms with Crippen molar-refractivity contribution >= 4 is 28.5 Å². The summed E-state index contributed by atoms with van der Waals surface area (Å²) in [5.41, 5.74) is 15.3. The molecule has 1 aliphatic carbocycles. The molecule has 1 fully saturated rings. The van der Waals surface area contributed by atoms with Crippen molar-refractivity contribution in [2.45, 2.75) is 46.5 Å². The van der Waals surface area contributed by atoms with Crippen LogP contribution in [-0.2, 0) is 4.79 Å². The predicted molar refractivity (Wildman–Crippen MR) is 115 cm³/mol. The van der Waals surface area contributed by atoms with Crippen LogP contribution < -0.4 is 11.5 Å². The van der Waals surface area contributed by atoms with Crippen molar-refractivity contribution in [2.24, 2.45) is 27.8 Å². The van der Waals surface area contributed by atoms with E-state index in [0.29, 0.717) is 29.0 Å². The van der Waals surface area contributed by atoms with E-state index in [4.69, 9.17) is 11.5 Å². The summed E-state index contributed by atoms with van der Waals surface area (Å²) in [7, 11) is 0. The third kappa shape index (κ3) is 3.69. The normalized spacial score (nSPS) is 20.5. The monoisotopic (exact) mass is 410 g/mol. The minimum atomic E-state index is -0.718. The van der Waals surface area contributed by atoms with Gasteiger partial charge in [0, 0.05) is 11.0 Å². The number of carbonyl (C=O) groups is 2. The maximum atomic E-state index is 12.9. The number of nitriles is 1. The molecule has 1 atom stereocenters. The first kappa shape index (κ1) is 21.1. The van der Waals surface area contributed by atoms with Crippen LogP contribution in [0.15, 0.2) is 28.5 Å². The quantitative estimate of drug-likeness (QED) is 0.737. The van der Waals surface area contributed by atoms with Gasteiger partial charge in [0.2, 0.25) is 5.91 Å². The van der Waals surface area contributed by atoms with Crippen molar-refractivity contribution < 1.29 is 9.59 Å². The van der Waals surface area contributed by atoms with Crippen molar-refractivity contribution in [3.8, 4) is 6.07 Å². The van der Waals surface area contributed by atoms with E-state index in [1.54, 1.807) is 0 Å². The Morgan fingerprint density at radius 2 is 1.93 bits per heavy atom. The molecule has 1 aromatic rings. The molecule has 0 radical (unpaired) electrons. The molecule has 1 saturated carbocycles. The van der Waals surface area contributed by atoms with Crippen LogP contribution in [0.5, 0.6) is 0 Å². The van der Waals surface area contributed by atoms with Crippen LogP contribution in [0.2, 0.25) is 0 Å². The SMILES string of the molecule is Cc1cc(C)c(C)c(C(=O)CSC2=NC(N)=C(C#N)C3(CCCC3)C2C(N)=O)c1. The lowest BCUT2D eigenvalue weighted by Gasteiger charge is -2.38. The Morgan fingerprint density at radius 3 is 2.52 bits per heavy atom. The molecule has 0 bridgehead atoms. The first-order chi connectivity index (χ1) is 13.7. The van der Waals surface area contributed by atoms with E-state index in [0.717, 1.165) is 29.5 Å². The molecule has 29 heavy (non-hydrogen) atoms. The molecule has 6 nitrogen and oxygen atoms in total. The second-order valence-corrected chi connectivity index (χ2v) is 8.98. The molecule has 1 aliphatic heterocycles. The van der Waals surface area contributed by atoms with Crippen molar-refractivity contribution in [2.75, 3.05) is 5.75 Å². The van der Waals surface area contributed by atoms with E-state index in [9.17, 15) is 14.9 Å². The van der Waals surface area contributed by atoms with E-state index in [1.807, 2.05) is 32.9 Å². The lowest BCUT2D eigenvalue weighted by atomic mass is 9.67. The highest BCUT2D eigenvalue weighted by atomic mass is 32.2. The van der Waals surface area contributed by atoms with Gasteiger partial charge in [-0.05, 0) is 50.8 Å². The van der Waals surface area contributed by atoms with Gasteiger partial charge in [-0.1, -0.05) is 24.5 Å². The standard InChI is InChI=1S/C22H26N4O2S/c1-12-8-13(2)14(3)15(9-12)17(27)11-29-21-18(20(25)28)22(6-4-5-7-22)16(10-23)19(24)26-21/h8-9,18H,4-7,11,24H2,1-3H3,(H2,25,28). The number of nitrogens with zero attached hydrogens (tertiary/aromatic N) is 2. The molecule has 1 amide bonds. The zero-order chi connectivity index (χ0) is 21.3. The van der Waals surface area contributed by atoms with E-state index in [-0.39, 0.29) is 17.4 Å². The summed E-state index contributed by atoms with van der Waals surface area (Å²) in [6.45, 7) is 5.88. The second kappa shape index (κ2) is 8.03. The number of rotatable bonds is 4. The van der Waals surface area contributed by atoms with Gasteiger partial charge in [0.05, 0.1) is 28.4 Å².